The standard InChI is InChI=1S/C19H28N2O2/c1-12(2)16-9-4-13(3)10-17(16)19(23)21-15-7-5-14(6-8-15)11-18(20)22/h5-8,12-13,16-17H,4,9-11H2,1-3H3,(H2,20,22)(H,21,23)/t13-,16+,17-/m1/s1. The lowest BCUT2D eigenvalue weighted by atomic mass is 9.70. The molecule has 0 spiro atoms. The monoisotopic (exact) mass is 316 g/mol. The van der Waals surface area contributed by atoms with Crippen molar-refractivity contribution in [3.8, 4) is 0 Å². The molecule has 126 valence electrons. The van der Waals surface area contributed by atoms with Gasteiger partial charge in [0.1, 0.15) is 0 Å². The van der Waals surface area contributed by atoms with Crippen LogP contribution in [0.1, 0.15) is 45.6 Å². The topological polar surface area (TPSA) is 72.2 Å². The predicted molar refractivity (Wildman–Crippen MR) is 92.8 cm³/mol. The van der Waals surface area contributed by atoms with E-state index in [0.29, 0.717) is 17.8 Å². The third kappa shape index (κ3) is 4.81. The normalized spacial score (nSPS) is 24.4. The highest BCUT2D eigenvalue weighted by atomic mass is 16.2. The Bertz CT molecular complexity index is 551. The highest BCUT2D eigenvalue weighted by Crippen LogP contribution is 2.38. The average Bonchev–Trinajstić information content (AvgIpc) is 2.48. The van der Waals surface area contributed by atoms with Crippen molar-refractivity contribution in [2.24, 2.45) is 29.4 Å². The maximum absolute atomic E-state index is 12.7. The predicted octanol–water partition coefficient (Wildman–Crippen LogP) is 3.36. The Morgan fingerprint density at radius 2 is 1.87 bits per heavy atom. The number of amides is 2. The van der Waals surface area contributed by atoms with Gasteiger partial charge < -0.3 is 11.1 Å². The van der Waals surface area contributed by atoms with Crippen LogP contribution in [0.3, 0.4) is 0 Å². The van der Waals surface area contributed by atoms with Crippen LogP contribution in [0.5, 0.6) is 0 Å². The van der Waals surface area contributed by atoms with Crippen LogP contribution < -0.4 is 11.1 Å². The second-order valence-corrected chi connectivity index (χ2v) is 7.26. The summed E-state index contributed by atoms with van der Waals surface area (Å²) in [7, 11) is 0. The van der Waals surface area contributed by atoms with Gasteiger partial charge in [0, 0.05) is 11.6 Å². The van der Waals surface area contributed by atoms with Crippen molar-refractivity contribution in [2.45, 2.75) is 46.5 Å². The van der Waals surface area contributed by atoms with Crippen molar-refractivity contribution >= 4 is 17.5 Å². The molecule has 1 aliphatic rings. The Kier molecular flexibility index (Phi) is 5.80. The number of hydrogen-bond acceptors (Lipinski definition) is 2. The van der Waals surface area contributed by atoms with E-state index in [0.717, 1.165) is 24.1 Å². The second kappa shape index (κ2) is 7.62. The van der Waals surface area contributed by atoms with E-state index in [4.69, 9.17) is 5.73 Å². The number of nitrogens with two attached hydrogens (primary N) is 1. The van der Waals surface area contributed by atoms with E-state index in [-0.39, 0.29) is 24.2 Å². The van der Waals surface area contributed by atoms with E-state index in [1.807, 2.05) is 24.3 Å². The largest absolute Gasteiger partial charge is 0.369 e. The van der Waals surface area contributed by atoms with Gasteiger partial charge >= 0.3 is 0 Å². The lowest BCUT2D eigenvalue weighted by Crippen LogP contribution is -2.36. The van der Waals surface area contributed by atoms with Crippen LogP contribution in [-0.4, -0.2) is 11.8 Å². The van der Waals surface area contributed by atoms with Gasteiger partial charge in [0.2, 0.25) is 11.8 Å². The first-order chi connectivity index (χ1) is 10.9. The molecule has 0 heterocycles. The minimum Gasteiger partial charge on any atom is -0.369 e. The summed E-state index contributed by atoms with van der Waals surface area (Å²) in [5.74, 6) is 1.45. The Morgan fingerprint density at radius 1 is 1.22 bits per heavy atom. The minimum absolute atomic E-state index is 0.0871. The van der Waals surface area contributed by atoms with E-state index in [1.165, 1.54) is 6.42 Å². The lowest BCUT2D eigenvalue weighted by molar-refractivity contribution is -0.124. The molecule has 2 amide bonds. The summed E-state index contributed by atoms with van der Waals surface area (Å²) in [6.07, 6.45) is 3.54. The van der Waals surface area contributed by atoms with Crippen molar-refractivity contribution in [3.05, 3.63) is 29.8 Å². The number of carbonyl (C=O) groups is 2. The molecule has 0 bridgehead atoms. The molecule has 1 aromatic carbocycles. The van der Waals surface area contributed by atoms with Crippen molar-refractivity contribution in [1.82, 2.24) is 0 Å². The molecule has 3 atom stereocenters. The Balaban J connectivity index is 2.03. The zero-order chi connectivity index (χ0) is 17.0. The van der Waals surface area contributed by atoms with Gasteiger partial charge in [-0.25, -0.2) is 0 Å². The molecule has 4 nitrogen and oxygen atoms in total. The van der Waals surface area contributed by atoms with E-state index in [2.05, 4.69) is 26.1 Å². The Morgan fingerprint density at radius 3 is 2.43 bits per heavy atom. The van der Waals surface area contributed by atoms with Gasteiger partial charge in [-0.1, -0.05) is 39.3 Å². The quantitative estimate of drug-likeness (QED) is 0.874. The molecule has 1 aliphatic carbocycles. The lowest BCUT2D eigenvalue weighted by Gasteiger charge is -2.36. The van der Waals surface area contributed by atoms with Gasteiger partial charge in [-0.3, -0.25) is 9.59 Å². The van der Waals surface area contributed by atoms with E-state index in [9.17, 15) is 9.59 Å². The van der Waals surface area contributed by atoms with Gasteiger partial charge in [0.05, 0.1) is 6.42 Å². The molecular weight excluding hydrogens is 288 g/mol. The Labute approximate surface area is 138 Å². The zero-order valence-electron chi connectivity index (χ0n) is 14.3. The van der Waals surface area contributed by atoms with Crippen LogP contribution >= 0.6 is 0 Å². The molecular formula is C19H28N2O2. The first-order valence-electron chi connectivity index (χ1n) is 8.55. The number of hydrogen-bond donors (Lipinski definition) is 2. The molecule has 0 unspecified atom stereocenters. The summed E-state index contributed by atoms with van der Waals surface area (Å²) in [5, 5.41) is 3.04. The van der Waals surface area contributed by atoms with Crippen LogP contribution in [0, 0.1) is 23.7 Å². The number of anilines is 1. The van der Waals surface area contributed by atoms with Gasteiger partial charge in [0.15, 0.2) is 0 Å². The molecule has 1 aromatic rings. The van der Waals surface area contributed by atoms with Crippen LogP contribution in [0.4, 0.5) is 5.69 Å². The SMILES string of the molecule is CC(C)[C@@H]1CC[C@@H](C)C[C@H]1C(=O)Nc1ccc(CC(N)=O)cc1. The highest BCUT2D eigenvalue weighted by molar-refractivity contribution is 5.92. The van der Waals surface area contributed by atoms with Gasteiger partial charge in [-0.2, -0.15) is 0 Å². The summed E-state index contributed by atoms with van der Waals surface area (Å²) in [6, 6.07) is 7.35. The van der Waals surface area contributed by atoms with Crippen molar-refractivity contribution in [1.29, 1.82) is 0 Å². The van der Waals surface area contributed by atoms with Crippen LogP contribution in [0.2, 0.25) is 0 Å². The Hall–Kier alpha value is -1.84. The maximum atomic E-state index is 12.7. The molecule has 1 fully saturated rings. The van der Waals surface area contributed by atoms with Gasteiger partial charge in [-0.05, 0) is 48.3 Å². The average molecular weight is 316 g/mol. The summed E-state index contributed by atoms with van der Waals surface area (Å²) < 4.78 is 0. The third-order valence-corrected chi connectivity index (χ3v) is 4.96. The number of rotatable bonds is 5. The van der Waals surface area contributed by atoms with Crippen LogP contribution in [0.25, 0.3) is 0 Å². The molecule has 4 heteroatoms. The fourth-order valence-electron chi connectivity index (χ4n) is 3.65. The summed E-state index contributed by atoms with van der Waals surface area (Å²) in [5.41, 5.74) is 6.83. The van der Waals surface area contributed by atoms with Crippen LogP contribution in [-0.2, 0) is 16.0 Å². The highest BCUT2D eigenvalue weighted by Gasteiger charge is 2.35. The molecule has 0 radical (unpaired) electrons. The van der Waals surface area contributed by atoms with E-state index < -0.39 is 0 Å². The number of carbonyl (C=O) groups excluding carboxylic acids is 2. The summed E-state index contributed by atoms with van der Waals surface area (Å²) in [4.78, 5) is 23.6. The third-order valence-electron chi connectivity index (χ3n) is 4.96. The van der Waals surface area contributed by atoms with Crippen molar-refractivity contribution in [3.63, 3.8) is 0 Å². The zero-order valence-corrected chi connectivity index (χ0v) is 14.3. The molecule has 0 saturated heterocycles. The summed E-state index contributed by atoms with van der Waals surface area (Å²) in [6.45, 7) is 6.65. The molecule has 3 N–H and O–H groups in total. The van der Waals surface area contributed by atoms with E-state index >= 15 is 0 Å². The first-order valence-corrected chi connectivity index (χ1v) is 8.55. The number of primary amides is 1. The fourth-order valence-corrected chi connectivity index (χ4v) is 3.65. The van der Waals surface area contributed by atoms with Crippen LogP contribution in [0.15, 0.2) is 24.3 Å². The molecule has 0 aromatic heterocycles. The summed E-state index contributed by atoms with van der Waals surface area (Å²) >= 11 is 0. The smallest absolute Gasteiger partial charge is 0.227 e. The van der Waals surface area contributed by atoms with Gasteiger partial charge in [-0.15, -0.1) is 0 Å². The van der Waals surface area contributed by atoms with Crippen molar-refractivity contribution < 1.29 is 9.59 Å². The maximum Gasteiger partial charge on any atom is 0.227 e. The van der Waals surface area contributed by atoms with Gasteiger partial charge in [0.25, 0.3) is 0 Å². The second-order valence-electron chi connectivity index (χ2n) is 7.26. The molecule has 23 heavy (non-hydrogen) atoms. The minimum atomic E-state index is -0.349. The number of benzene rings is 1. The molecule has 1 saturated carbocycles. The molecule has 0 aliphatic heterocycles. The first kappa shape index (κ1) is 17.5. The fraction of sp³-hybridized carbons (Fsp3) is 0.579. The van der Waals surface area contributed by atoms with Crippen molar-refractivity contribution in [2.75, 3.05) is 5.32 Å². The number of nitrogens with one attached hydrogen (secondary N) is 1. The van der Waals surface area contributed by atoms with E-state index in [1.54, 1.807) is 0 Å². The molecule has 2 rings (SSSR count).